The molecule has 0 unspecified atom stereocenters. The highest BCUT2D eigenvalue weighted by Gasteiger charge is 2.38. The van der Waals surface area contributed by atoms with E-state index in [1.165, 1.54) is 11.3 Å². The lowest BCUT2D eigenvalue weighted by Gasteiger charge is -2.43. The van der Waals surface area contributed by atoms with E-state index in [2.05, 4.69) is 59.0 Å². The maximum atomic E-state index is 12.1. The van der Waals surface area contributed by atoms with Crippen LogP contribution < -0.4 is 15.0 Å². The summed E-state index contributed by atoms with van der Waals surface area (Å²) in [6.45, 7) is 12.8. The maximum Gasteiger partial charge on any atom is 0.298 e. The van der Waals surface area contributed by atoms with E-state index < -0.39 is 0 Å². The van der Waals surface area contributed by atoms with Crippen molar-refractivity contribution in [2.45, 2.75) is 45.3 Å². The zero-order valence-corrected chi connectivity index (χ0v) is 21.9. The van der Waals surface area contributed by atoms with Gasteiger partial charge >= 0.3 is 0 Å². The molecule has 0 bridgehead atoms. The van der Waals surface area contributed by atoms with Crippen molar-refractivity contribution in [2.24, 2.45) is 0 Å². The number of nitrogens with one attached hydrogen (secondary N) is 1. The minimum atomic E-state index is -0.121. The average Bonchev–Trinajstić information content (AvgIpc) is 3.30. The molecule has 194 valence electrons. The molecule has 2 atom stereocenters. The second-order valence-corrected chi connectivity index (χ2v) is 10.5. The predicted molar refractivity (Wildman–Crippen MR) is 144 cm³/mol. The number of fused-ring (bicyclic) bond motifs is 2. The summed E-state index contributed by atoms with van der Waals surface area (Å²) in [4.78, 5) is 23.6. The van der Waals surface area contributed by atoms with Gasteiger partial charge in [-0.15, -0.1) is 0 Å². The van der Waals surface area contributed by atoms with Gasteiger partial charge in [0.25, 0.3) is 5.91 Å². The fourth-order valence-electron chi connectivity index (χ4n) is 6.13. The van der Waals surface area contributed by atoms with Gasteiger partial charge in [0, 0.05) is 63.1 Å². The van der Waals surface area contributed by atoms with Gasteiger partial charge in [0.15, 0.2) is 0 Å². The third kappa shape index (κ3) is 4.51. The maximum absolute atomic E-state index is 12.1. The number of carbonyl (C=O) groups excluding carboxylic acids is 1. The highest BCUT2D eigenvalue weighted by molar-refractivity contribution is 5.93. The van der Waals surface area contributed by atoms with E-state index in [0.29, 0.717) is 12.0 Å². The number of likely N-dealkylation sites (tertiary alicyclic amines) is 2. The van der Waals surface area contributed by atoms with Crippen molar-refractivity contribution in [3.8, 4) is 17.6 Å². The summed E-state index contributed by atoms with van der Waals surface area (Å²) in [6.07, 6.45) is 2.79. The largest absolute Gasteiger partial charge is 0.483 e. The minimum Gasteiger partial charge on any atom is -0.483 e. The molecule has 6 rings (SSSR count). The summed E-state index contributed by atoms with van der Waals surface area (Å²) >= 11 is 0. The second kappa shape index (κ2) is 9.88. The predicted octanol–water partition coefficient (Wildman–Crippen LogP) is 3.45. The molecule has 1 N–H and O–H groups in total. The first kappa shape index (κ1) is 24.1. The highest BCUT2D eigenvalue weighted by Crippen LogP contribution is 2.45. The SMILES string of the molecule is CC#CC(=O)N1CC[C@H](N2CC(c3cc(C)c4c(c3)Nc3nccc(N5CCOCC5)c3[C@@H](C)O4)C2)C1. The average molecular weight is 502 g/mol. The van der Waals surface area contributed by atoms with Gasteiger partial charge in [-0.3, -0.25) is 9.69 Å². The fourth-order valence-corrected chi connectivity index (χ4v) is 6.13. The van der Waals surface area contributed by atoms with Crippen molar-refractivity contribution in [2.75, 3.05) is 62.7 Å². The number of carbonyl (C=O) groups is 1. The van der Waals surface area contributed by atoms with Gasteiger partial charge in [0.1, 0.15) is 17.7 Å². The van der Waals surface area contributed by atoms with E-state index in [4.69, 9.17) is 14.5 Å². The Balaban J connectivity index is 1.19. The molecule has 8 nitrogen and oxygen atoms in total. The lowest BCUT2D eigenvalue weighted by molar-refractivity contribution is -0.124. The summed E-state index contributed by atoms with van der Waals surface area (Å²) in [6, 6.07) is 7.05. The lowest BCUT2D eigenvalue weighted by Crippen LogP contribution is -2.51. The number of benzene rings is 1. The van der Waals surface area contributed by atoms with Crippen LogP contribution in [0.2, 0.25) is 0 Å². The van der Waals surface area contributed by atoms with Gasteiger partial charge in [0.2, 0.25) is 0 Å². The fraction of sp³-hybridized carbons (Fsp3) is 0.517. The Morgan fingerprint density at radius 1 is 1.16 bits per heavy atom. The van der Waals surface area contributed by atoms with E-state index in [1.807, 2.05) is 11.1 Å². The van der Waals surface area contributed by atoms with Crippen LogP contribution in [0.3, 0.4) is 0 Å². The number of aromatic nitrogens is 1. The van der Waals surface area contributed by atoms with Crippen LogP contribution >= 0.6 is 0 Å². The zero-order chi connectivity index (χ0) is 25.5. The van der Waals surface area contributed by atoms with Gasteiger partial charge in [-0.05, 0) is 56.4 Å². The second-order valence-electron chi connectivity index (χ2n) is 10.5. The zero-order valence-electron chi connectivity index (χ0n) is 21.9. The molecule has 0 aliphatic carbocycles. The van der Waals surface area contributed by atoms with E-state index in [9.17, 15) is 4.79 Å². The first-order valence-electron chi connectivity index (χ1n) is 13.4. The Kier molecular flexibility index (Phi) is 6.43. The molecular formula is C29H35N5O3. The molecule has 1 aromatic carbocycles. The normalized spacial score (nSPS) is 23.5. The monoisotopic (exact) mass is 501 g/mol. The lowest BCUT2D eigenvalue weighted by atomic mass is 9.88. The number of ether oxygens (including phenoxy) is 2. The molecule has 8 heteroatoms. The molecule has 2 aromatic rings. The van der Waals surface area contributed by atoms with Crippen molar-refractivity contribution in [3.05, 3.63) is 41.1 Å². The first-order chi connectivity index (χ1) is 18.0. The minimum absolute atomic E-state index is 0.0468. The number of rotatable bonds is 3. The van der Waals surface area contributed by atoms with E-state index in [0.717, 1.165) is 87.3 Å². The molecule has 1 aromatic heterocycles. The van der Waals surface area contributed by atoms with Gasteiger partial charge in [-0.2, -0.15) is 0 Å². The van der Waals surface area contributed by atoms with E-state index in [-0.39, 0.29) is 12.0 Å². The van der Waals surface area contributed by atoms with Crippen molar-refractivity contribution < 1.29 is 14.3 Å². The molecule has 1 amide bonds. The number of anilines is 3. The highest BCUT2D eigenvalue weighted by atomic mass is 16.5. The smallest absolute Gasteiger partial charge is 0.298 e. The summed E-state index contributed by atoms with van der Waals surface area (Å²) in [5.74, 6) is 7.60. The van der Waals surface area contributed by atoms with Gasteiger partial charge in [0.05, 0.1) is 24.5 Å². The van der Waals surface area contributed by atoms with Crippen LogP contribution in [0.4, 0.5) is 17.2 Å². The Bertz CT molecular complexity index is 1260. The van der Waals surface area contributed by atoms with Crippen molar-refractivity contribution in [3.63, 3.8) is 0 Å². The van der Waals surface area contributed by atoms with E-state index in [1.54, 1.807) is 6.92 Å². The Labute approximate surface area is 218 Å². The first-order valence-corrected chi connectivity index (χ1v) is 13.4. The molecule has 3 fully saturated rings. The molecule has 5 heterocycles. The third-order valence-electron chi connectivity index (χ3n) is 8.15. The van der Waals surface area contributed by atoms with Gasteiger partial charge in [-0.25, -0.2) is 4.98 Å². The van der Waals surface area contributed by atoms with Crippen molar-refractivity contribution >= 4 is 23.1 Å². The number of nitrogens with zero attached hydrogens (tertiary/aromatic N) is 4. The number of amides is 1. The van der Waals surface area contributed by atoms with Crippen LogP contribution in [0.15, 0.2) is 24.4 Å². The Morgan fingerprint density at radius 2 is 1.97 bits per heavy atom. The van der Waals surface area contributed by atoms with Gasteiger partial charge in [-0.1, -0.05) is 12.0 Å². The summed E-state index contributed by atoms with van der Waals surface area (Å²) in [7, 11) is 0. The number of pyridine rings is 1. The Hall–Kier alpha value is -3.28. The topological polar surface area (TPSA) is 70.2 Å². The summed E-state index contributed by atoms with van der Waals surface area (Å²) in [5.41, 5.74) is 5.72. The molecule has 4 aliphatic heterocycles. The van der Waals surface area contributed by atoms with Crippen LogP contribution in [-0.4, -0.2) is 79.2 Å². The van der Waals surface area contributed by atoms with Crippen molar-refractivity contribution in [1.29, 1.82) is 0 Å². The van der Waals surface area contributed by atoms with Crippen LogP contribution in [0.25, 0.3) is 0 Å². The molecule has 0 radical (unpaired) electrons. The molecule has 0 spiro atoms. The van der Waals surface area contributed by atoms with Crippen molar-refractivity contribution in [1.82, 2.24) is 14.8 Å². The number of hydrogen-bond donors (Lipinski definition) is 1. The molecular weight excluding hydrogens is 466 g/mol. The molecule has 4 aliphatic rings. The summed E-state index contributed by atoms with van der Waals surface area (Å²) < 4.78 is 12.1. The Morgan fingerprint density at radius 3 is 2.76 bits per heavy atom. The van der Waals surface area contributed by atoms with E-state index >= 15 is 0 Å². The number of morpholine rings is 1. The number of aryl methyl sites for hydroxylation is 1. The van der Waals surface area contributed by atoms with Crippen LogP contribution in [-0.2, 0) is 9.53 Å². The standard InChI is InChI=1S/C29H35N5O3/c1-4-5-26(35)33-9-7-23(18-33)34-16-22(17-34)21-14-19(2)28-24(15-21)31-29-27(20(3)37-28)25(6-8-30-29)32-10-12-36-13-11-32/h6,8,14-15,20,22-23H,7,9-13,16-18H2,1-3H3,(H,30,31)/t20-,23+/m1/s1. The molecule has 37 heavy (non-hydrogen) atoms. The van der Waals surface area contributed by atoms with Gasteiger partial charge < -0.3 is 24.6 Å². The van der Waals surface area contributed by atoms with Crippen LogP contribution in [0, 0.1) is 18.8 Å². The quantitative estimate of drug-likeness (QED) is 0.646. The van der Waals surface area contributed by atoms with Crippen LogP contribution in [0.1, 0.15) is 49.0 Å². The molecule has 0 saturated carbocycles. The number of hydrogen-bond acceptors (Lipinski definition) is 7. The van der Waals surface area contributed by atoms with Crippen LogP contribution in [0.5, 0.6) is 5.75 Å². The third-order valence-corrected chi connectivity index (χ3v) is 8.15. The molecule has 3 saturated heterocycles. The summed E-state index contributed by atoms with van der Waals surface area (Å²) in [5, 5.41) is 3.63.